The number of esters is 1. The van der Waals surface area contributed by atoms with E-state index < -0.39 is 5.97 Å². The molecule has 0 unspecified atom stereocenters. The van der Waals surface area contributed by atoms with Crippen molar-refractivity contribution in [1.82, 2.24) is 5.32 Å². The second kappa shape index (κ2) is 8.85. The number of aryl methyl sites for hydroxylation is 1. The molecule has 1 aromatic heterocycles. The van der Waals surface area contributed by atoms with Gasteiger partial charge in [0.2, 0.25) is 0 Å². The maximum atomic E-state index is 12.4. The summed E-state index contributed by atoms with van der Waals surface area (Å²) in [4.78, 5) is 24.4. The van der Waals surface area contributed by atoms with E-state index in [0.29, 0.717) is 17.7 Å². The predicted octanol–water partition coefficient (Wildman–Crippen LogP) is 3.85. The summed E-state index contributed by atoms with van der Waals surface area (Å²) in [5.41, 5.74) is 2.43. The van der Waals surface area contributed by atoms with Gasteiger partial charge in [-0.1, -0.05) is 60.7 Å². The monoisotopic (exact) mass is 363 g/mol. The lowest BCUT2D eigenvalue weighted by Gasteiger charge is -2.19. The number of ether oxygens (including phenoxy) is 1. The van der Waals surface area contributed by atoms with Crippen LogP contribution in [0.3, 0.4) is 0 Å². The highest BCUT2D eigenvalue weighted by molar-refractivity contribution is 5.92. The van der Waals surface area contributed by atoms with Crippen LogP contribution in [0.4, 0.5) is 0 Å². The number of carbonyl (C=O) groups is 2. The van der Waals surface area contributed by atoms with E-state index in [9.17, 15) is 9.59 Å². The smallest absolute Gasteiger partial charge is 0.342 e. The number of hydrogen-bond donors (Lipinski definition) is 1. The molecule has 0 aliphatic heterocycles. The molecule has 0 aliphatic rings. The molecule has 0 aliphatic carbocycles. The number of nitrogens with one attached hydrogen (secondary N) is 1. The summed E-state index contributed by atoms with van der Waals surface area (Å²) < 4.78 is 10.2. The van der Waals surface area contributed by atoms with Gasteiger partial charge in [-0.25, -0.2) is 4.79 Å². The number of amides is 1. The van der Waals surface area contributed by atoms with E-state index in [1.807, 2.05) is 60.7 Å². The second-order valence-corrected chi connectivity index (χ2v) is 6.19. The molecule has 2 aromatic carbocycles. The first-order valence-corrected chi connectivity index (χ1v) is 8.73. The predicted molar refractivity (Wildman–Crippen MR) is 101 cm³/mol. The van der Waals surface area contributed by atoms with Crippen LogP contribution in [-0.4, -0.2) is 18.5 Å². The molecule has 3 rings (SSSR count). The van der Waals surface area contributed by atoms with Crippen molar-refractivity contribution in [1.29, 1.82) is 0 Å². The minimum atomic E-state index is -0.573. The first kappa shape index (κ1) is 18.5. The zero-order valence-electron chi connectivity index (χ0n) is 15.1. The van der Waals surface area contributed by atoms with E-state index in [2.05, 4.69) is 5.32 Å². The Hall–Kier alpha value is -3.34. The molecule has 0 saturated heterocycles. The van der Waals surface area contributed by atoms with Crippen LogP contribution in [-0.2, 0) is 16.0 Å². The third-order valence-corrected chi connectivity index (χ3v) is 4.23. The Morgan fingerprint density at radius 3 is 2.30 bits per heavy atom. The Morgan fingerprint density at radius 2 is 1.67 bits per heavy atom. The number of hydrogen-bond acceptors (Lipinski definition) is 4. The number of rotatable bonds is 7. The molecule has 5 nitrogen and oxygen atoms in total. The van der Waals surface area contributed by atoms with Gasteiger partial charge in [0.25, 0.3) is 5.91 Å². The summed E-state index contributed by atoms with van der Waals surface area (Å²) in [6.45, 7) is 1.32. The van der Waals surface area contributed by atoms with Crippen molar-refractivity contribution in [2.24, 2.45) is 0 Å². The van der Waals surface area contributed by atoms with E-state index >= 15 is 0 Å². The second-order valence-electron chi connectivity index (χ2n) is 6.19. The van der Waals surface area contributed by atoms with Crippen molar-refractivity contribution in [2.75, 3.05) is 6.61 Å². The van der Waals surface area contributed by atoms with Crippen LogP contribution in [0.5, 0.6) is 0 Å². The fourth-order valence-electron chi connectivity index (χ4n) is 2.83. The number of furan rings is 1. The van der Waals surface area contributed by atoms with Gasteiger partial charge in [-0.15, -0.1) is 0 Å². The van der Waals surface area contributed by atoms with Crippen LogP contribution >= 0.6 is 0 Å². The van der Waals surface area contributed by atoms with Crippen LogP contribution in [0.1, 0.15) is 33.3 Å². The largest absolute Gasteiger partial charge is 0.469 e. The molecule has 1 atom stereocenters. The fourth-order valence-corrected chi connectivity index (χ4v) is 2.83. The van der Waals surface area contributed by atoms with Crippen LogP contribution < -0.4 is 5.32 Å². The van der Waals surface area contributed by atoms with Gasteiger partial charge in [0, 0.05) is 0 Å². The molecular weight excluding hydrogens is 342 g/mol. The Morgan fingerprint density at radius 1 is 1.00 bits per heavy atom. The molecule has 1 N–H and O–H groups in total. The lowest BCUT2D eigenvalue weighted by molar-refractivity contribution is -0.125. The zero-order valence-corrected chi connectivity index (χ0v) is 15.1. The summed E-state index contributed by atoms with van der Waals surface area (Å²) in [6, 6.07) is 21.0. The SMILES string of the molecule is Cc1occc1C(=O)OCC(=O)N[C@H](Cc1ccccc1)c1ccccc1. The molecule has 5 heteroatoms. The Labute approximate surface area is 158 Å². The van der Waals surface area contributed by atoms with Crippen molar-refractivity contribution >= 4 is 11.9 Å². The molecule has 138 valence electrons. The standard InChI is InChI=1S/C22H21NO4/c1-16-19(12-13-26-16)22(25)27-15-21(24)23-20(18-10-6-3-7-11-18)14-17-8-4-2-5-9-17/h2-13,20H,14-15H2,1H3,(H,23,24)/t20-/m1/s1. The first-order chi connectivity index (χ1) is 13.1. The average molecular weight is 363 g/mol. The normalized spacial score (nSPS) is 11.6. The van der Waals surface area contributed by atoms with E-state index in [4.69, 9.17) is 9.15 Å². The highest BCUT2D eigenvalue weighted by Crippen LogP contribution is 2.18. The molecular formula is C22H21NO4. The maximum Gasteiger partial charge on any atom is 0.342 e. The van der Waals surface area contributed by atoms with Crippen molar-refractivity contribution in [3.63, 3.8) is 0 Å². The zero-order chi connectivity index (χ0) is 19.1. The lowest BCUT2D eigenvalue weighted by atomic mass is 9.99. The van der Waals surface area contributed by atoms with Gasteiger partial charge in [0.1, 0.15) is 11.3 Å². The minimum Gasteiger partial charge on any atom is -0.469 e. The first-order valence-electron chi connectivity index (χ1n) is 8.73. The van der Waals surface area contributed by atoms with Crippen molar-refractivity contribution < 1.29 is 18.7 Å². The van der Waals surface area contributed by atoms with Crippen LogP contribution in [0.25, 0.3) is 0 Å². The summed E-state index contributed by atoms with van der Waals surface area (Å²) in [5.74, 6) is -0.461. The summed E-state index contributed by atoms with van der Waals surface area (Å²) in [6.07, 6.45) is 2.06. The Bertz CT molecular complexity index is 887. The third kappa shape index (κ3) is 5.07. The number of carbonyl (C=O) groups excluding carboxylic acids is 2. The summed E-state index contributed by atoms with van der Waals surface area (Å²) in [7, 11) is 0. The molecule has 0 spiro atoms. The molecule has 0 bridgehead atoms. The Kier molecular flexibility index (Phi) is 6.05. The van der Waals surface area contributed by atoms with E-state index in [0.717, 1.165) is 11.1 Å². The fraction of sp³-hybridized carbons (Fsp3) is 0.182. The van der Waals surface area contributed by atoms with Gasteiger partial charge in [-0.2, -0.15) is 0 Å². The highest BCUT2D eigenvalue weighted by Gasteiger charge is 2.18. The van der Waals surface area contributed by atoms with Gasteiger partial charge in [-0.05, 0) is 30.5 Å². The van der Waals surface area contributed by atoms with E-state index in [1.54, 1.807) is 6.92 Å². The van der Waals surface area contributed by atoms with Gasteiger partial charge in [-0.3, -0.25) is 4.79 Å². The summed E-state index contributed by atoms with van der Waals surface area (Å²) in [5, 5.41) is 2.96. The van der Waals surface area contributed by atoms with Crippen molar-refractivity contribution in [3.05, 3.63) is 95.4 Å². The Balaban J connectivity index is 1.64. The molecule has 1 heterocycles. The van der Waals surface area contributed by atoms with Crippen LogP contribution in [0.2, 0.25) is 0 Å². The molecule has 0 radical (unpaired) electrons. The number of benzene rings is 2. The topological polar surface area (TPSA) is 68.5 Å². The average Bonchev–Trinajstić information content (AvgIpc) is 3.13. The van der Waals surface area contributed by atoms with E-state index in [1.165, 1.54) is 12.3 Å². The van der Waals surface area contributed by atoms with Gasteiger partial charge < -0.3 is 14.5 Å². The van der Waals surface area contributed by atoms with Gasteiger partial charge in [0.15, 0.2) is 6.61 Å². The maximum absolute atomic E-state index is 12.4. The van der Waals surface area contributed by atoms with Crippen LogP contribution in [0.15, 0.2) is 77.4 Å². The molecule has 3 aromatic rings. The summed E-state index contributed by atoms with van der Waals surface area (Å²) >= 11 is 0. The van der Waals surface area contributed by atoms with Crippen LogP contribution in [0, 0.1) is 6.92 Å². The van der Waals surface area contributed by atoms with Gasteiger partial charge >= 0.3 is 5.97 Å². The lowest BCUT2D eigenvalue weighted by Crippen LogP contribution is -2.33. The van der Waals surface area contributed by atoms with Crippen molar-refractivity contribution in [3.8, 4) is 0 Å². The van der Waals surface area contributed by atoms with Gasteiger partial charge in [0.05, 0.1) is 12.3 Å². The third-order valence-electron chi connectivity index (χ3n) is 4.23. The molecule has 0 saturated carbocycles. The van der Waals surface area contributed by atoms with Crippen molar-refractivity contribution in [2.45, 2.75) is 19.4 Å². The highest BCUT2D eigenvalue weighted by atomic mass is 16.5. The molecule has 0 fully saturated rings. The minimum absolute atomic E-state index is 0.213. The molecule has 1 amide bonds. The quantitative estimate of drug-likeness (QED) is 0.648. The molecule has 27 heavy (non-hydrogen) atoms. The van der Waals surface area contributed by atoms with E-state index in [-0.39, 0.29) is 18.6 Å².